The molecule has 0 saturated carbocycles. The summed E-state index contributed by atoms with van der Waals surface area (Å²) in [5, 5.41) is 2.61. The molecule has 108 valence electrons. The molecule has 0 atom stereocenters. The van der Waals surface area contributed by atoms with Crippen molar-refractivity contribution in [1.82, 2.24) is 0 Å². The molecule has 0 aliphatic carbocycles. The summed E-state index contributed by atoms with van der Waals surface area (Å²) in [6.45, 7) is 12.0. The Morgan fingerprint density at radius 3 is 1.63 bits per heavy atom. The minimum atomic E-state index is 1.28. The molecule has 0 amide bonds. The fourth-order valence-corrected chi connectivity index (χ4v) is 1.60. The molecule has 0 saturated heterocycles. The number of anilines is 1. The third-order valence-electron chi connectivity index (χ3n) is 2.25. The first-order valence-electron chi connectivity index (χ1n) is 7.44. The molecule has 0 bridgehead atoms. The summed E-state index contributed by atoms with van der Waals surface area (Å²) in [4.78, 5) is 2.14. The molecule has 0 spiro atoms. The monoisotopic (exact) mass is 261 g/mol. The number of hydrogen-bond acceptors (Lipinski definition) is 1. The van der Waals surface area contributed by atoms with Gasteiger partial charge in [-0.2, -0.15) is 0 Å². The van der Waals surface area contributed by atoms with Crippen molar-refractivity contribution in [1.29, 1.82) is 0 Å². The second kappa shape index (κ2) is 12.9. The van der Waals surface area contributed by atoms with Gasteiger partial charge in [0.15, 0.2) is 0 Å². The van der Waals surface area contributed by atoms with E-state index in [-0.39, 0.29) is 0 Å². The molecule has 2 aromatic carbocycles. The van der Waals surface area contributed by atoms with Gasteiger partial charge in [-0.05, 0) is 11.5 Å². The van der Waals surface area contributed by atoms with Crippen LogP contribution in [-0.2, 0) is 0 Å². The number of benzene rings is 2. The first kappa shape index (κ1) is 19.8. The van der Waals surface area contributed by atoms with Gasteiger partial charge >= 0.3 is 0 Å². The highest BCUT2D eigenvalue weighted by Gasteiger charge is 1.99. The van der Waals surface area contributed by atoms with E-state index in [9.17, 15) is 0 Å². The Kier molecular flexibility index (Phi) is 13.5. The summed E-state index contributed by atoms with van der Waals surface area (Å²) in [7, 11) is 4.14. The molecule has 0 fully saturated rings. The van der Waals surface area contributed by atoms with Gasteiger partial charge in [-0.25, -0.2) is 0 Å². The quantitative estimate of drug-likeness (QED) is 0.610. The van der Waals surface area contributed by atoms with E-state index in [0.717, 1.165) is 0 Å². The van der Waals surface area contributed by atoms with Gasteiger partial charge < -0.3 is 4.90 Å². The number of rotatable bonds is 1. The van der Waals surface area contributed by atoms with Gasteiger partial charge in [-0.15, -0.1) is 0 Å². The maximum atomic E-state index is 2.16. The van der Waals surface area contributed by atoms with E-state index in [1.54, 1.807) is 0 Å². The van der Waals surface area contributed by atoms with E-state index in [2.05, 4.69) is 61.5 Å². The van der Waals surface area contributed by atoms with Gasteiger partial charge in [-0.1, -0.05) is 77.9 Å². The molecule has 0 aliphatic heterocycles. The van der Waals surface area contributed by atoms with E-state index in [1.165, 1.54) is 16.5 Å². The molecule has 0 aromatic heterocycles. The standard InChI is InChI=1S/C12H13N.3C2H6/c1-13(2)12-9-5-7-10-6-3-4-8-11(10)12;3*1-2/h3-9H,1-2H3;3*1-2H3. The van der Waals surface area contributed by atoms with E-state index in [4.69, 9.17) is 0 Å². The summed E-state index contributed by atoms with van der Waals surface area (Å²) in [6, 6.07) is 14.8. The lowest BCUT2D eigenvalue weighted by Crippen LogP contribution is -2.08. The molecular weight excluding hydrogens is 230 g/mol. The first-order valence-corrected chi connectivity index (χ1v) is 7.44. The highest BCUT2D eigenvalue weighted by atomic mass is 15.1. The Labute approximate surface area is 120 Å². The average Bonchev–Trinajstić information content (AvgIpc) is 2.52. The molecular formula is C18H31N. The molecule has 2 aromatic rings. The summed E-state index contributed by atoms with van der Waals surface area (Å²) < 4.78 is 0. The van der Waals surface area contributed by atoms with Gasteiger partial charge in [0.25, 0.3) is 0 Å². The zero-order valence-electron chi connectivity index (χ0n) is 14.0. The van der Waals surface area contributed by atoms with E-state index < -0.39 is 0 Å². The van der Waals surface area contributed by atoms with E-state index in [1.807, 2.05) is 41.5 Å². The first-order chi connectivity index (χ1) is 9.29. The van der Waals surface area contributed by atoms with Crippen LogP contribution in [0.5, 0.6) is 0 Å². The molecule has 0 heterocycles. The predicted octanol–water partition coefficient (Wildman–Crippen LogP) is 5.98. The number of hydrogen-bond donors (Lipinski definition) is 0. The van der Waals surface area contributed by atoms with E-state index in [0.29, 0.717) is 0 Å². The average molecular weight is 261 g/mol. The van der Waals surface area contributed by atoms with Crippen molar-refractivity contribution in [3.05, 3.63) is 42.5 Å². The molecule has 1 nitrogen and oxygen atoms in total. The Morgan fingerprint density at radius 2 is 1.11 bits per heavy atom. The van der Waals surface area contributed by atoms with Crippen LogP contribution in [0.25, 0.3) is 10.8 Å². The van der Waals surface area contributed by atoms with Crippen LogP contribution in [0.2, 0.25) is 0 Å². The second-order valence-electron chi connectivity index (χ2n) is 3.39. The molecule has 1 heteroatoms. The van der Waals surface area contributed by atoms with Crippen LogP contribution in [0, 0.1) is 0 Å². The van der Waals surface area contributed by atoms with Crippen molar-refractivity contribution < 1.29 is 0 Å². The molecule has 0 aliphatic rings. The number of nitrogens with zero attached hydrogens (tertiary/aromatic N) is 1. The highest BCUT2D eigenvalue weighted by Crippen LogP contribution is 2.24. The molecule has 0 radical (unpaired) electrons. The Balaban J connectivity index is 0. The van der Waals surface area contributed by atoms with Crippen LogP contribution in [-0.4, -0.2) is 14.1 Å². The lowest BCUT2D eigenvalue weighted by atomic mass is 10.1. The van der Waals surface area contributed by atoms with Gasteiger partial charge in [0.2, 0.25) is 0 Å². The SMILES string of the molecule is CC.CC.CC.CN(C)c1cccc2ccccc12. The zero-order chi connectivity index (χ0) is 15.3. The maximum absolute atomic E-state index is 2.16. The summed E-state index contributed by atoms with van der Waals surface area (Å²) in [6.07, 6.45) is 0. The third-order valence-corrected chi connectivity index (χ3v) is 2.25. The minimum Gasteiger partial charge on any atom is -0.377 e. The fraction of sp³-hybridized carbons (Fsp3) is 0.444. The Morgan fingerprint density at radius 1 is 0.632 bits per heavy atom. The summed E-state index contributed by atoms with van der Waals surface area (Å²) in [5.41, 5.74) is 1.28. The van der Waals surface area contributed by atoms with Gasteiger partial charge in [0.05, 0.1) is 0 Å². The zero-order valence-corrected chi connectivity index (χ0v) is 14.0. The third kappa shape index (κ3) is 6.28. The highest BCUT2D eigenvalue weighted by molar-refractivity contribution is 5.94. The van der Waals surface area contributed by atoms with Crippen molar-refractivity contribution >= 4 is 16.5 Å². The Bertz CT molecular complexity index is 413. The molecule has 19 heavy (non-hydrogen) atoms. The van der Waals surface area contributed by atoms with Crippen molar-refractivity contribution in [2.45, 2.75) is 41.5 Å². The van der Waals surface area contributed by atoms with Crippen LogP contribution >= 0.6 is 0 Å². The smallest absolute Gasteiger partial charge is 0.0440 e. The lowest BCUT2D eigenvalue weighted by Gasteiger charge is -2.14. The maximum Gasteiger partial charge on any atom is 0.0440 e. The molecule has 2 rings (SSSR count). The Hall–Kier alpha value is -1.50. The normalized spacial score (nSPS) is 8.00. The van der Waals surface area contributed by atoms with Crippen LogP contribution < -0.4 is 4.90 Å². The van der Waals surface area contributed by atoms with Crippen molar-refractivity contribution in [2.24, 2.45) is 0 Å². The van der Waals surface area contributed by atoms with Gasteiger partial charge in [0, 0.05) is 25.2 Å². The summed E-state index contributed by atoms with van der Waals surface area (Å²) in [5.74, 6) is 0. The topological polar surface area (TPSA) is 3.24 Å². The van der Waals surface area contributed by atoms with E-state index >= 15 is 0 Å². The van der Waals surface area contributed by atoms with Crippen LogP contribution in [0.4, 0.5) is 5.69 Å². The number of fused-ring (bicyclic) bond motifs is 1. The van der Waals surface area contributed by atoms with Crippen LogP contribution in [0.15, 0.2) is 42.5 Å². The lowest BCUT2D eigenvalue weighted by molar-refractivity contribution is 1.14. The minimum absolute atomic E-state index is 1.28. The van der Waals surface area contributed by atoms with Gasteiger partial charge in [-0.3, -0.25) is 0 Å². The summed E-state index contributed by atoms with van der Waals surface area (Å²) >= 11 is 0. The van der Waals surface area contributed by atoms with Crippen molar-refractivity contribution in [3.63, 3.8) is 0 Å². The van der Waals surface area contributed by atoms with Crippen molar-refractivity contribution in [2.75, 3.05) is 19.0 Å². The molecule has 0 N–H and O–H groups in total. The largest absolute Gasteiger partial charge is 0.377 e. The van der Waals surface area contributed by atoms with Gasteiger partial charge in [0.1, 0.15) is 0 Å². The molecule has 0 unspecified atom stereocenters. The second-order valence-corrected chi connectivity index (χ2v) is 3.39. The van der Waals surface area contributed by atoms with Crippen molar-refractivity contribution in [3.8, 4) is 0 Å². The van der Waals surface area contributed by atoms with Crippen LogP contribution in [0.3, 0.4) is 0 Å². The van der Waals surface area contributed by atoms with Crippen LogP contribution in [0.1, 0.15) is 41.5 Å². The predicted molar refractivity (Wildman–Crippen MR) is 92.3 cm³/mol. The fourth-order valence-electron chi connectivity index (χ4n) is 1.60.